The summed E-state index contributed by atoms with van der Waals surface area (Å²) in [6, 6.07) is 0. The summed E-state index contributed by atoms with van der Waals surface area (Å²) >= 11 is 0. The van der Waals surface area contributed by atoms with Crippen LogP contribution in [-0.4, -0.2) is 64.8 Å². The van der Waals surface area contributed by atoms with Crippen LogP contribution in [0.15, 0.2) is 0 Å². The average Bonchev–Trinajstić information content (AvgIpc) is 1.11. The number of rotatable bonds is 67. The summed E-state index contributed by atoms with van der Waals surface area (Å²) in [5.74, 6) is 8.66. The monoisotopic (exact) mass is 1410 g/mol. The SMILES string of the molecule is CCCCCCCCC1OC1CCCCCO[C@]1(CCC[C@H](C)CCC[C@H](C)CCCC(C)C)CCC[C@@H](C(C)(CCC[C@H](C)CCC[C@H](C)CCCC(C)C)OC(C)(CCC[C@H](C)CCC[C@H](C)CCCC(C)C)C2CCC(C(C)(O)CCC[C@H](C)CCC[C@H](C)CCCC(C)C)O2)O1. The molecule has 3 rings (SSSR count). The van der Waals surface area contributed by atoms with E-state index in [-0.39, 0.29) is 18.3 Å². The third-order valence-electron chi connectivity index (χ3n) is 25.8. The number of epoxide rings is 1. The predicted octanol–water partition coefficient (Wildman–Crippen LogP) is 29.9. The van der Waals surface area contributed by atoms with Crippen molar-refractivity contribution in [1.29, 1.82) is 0 Å². The topological polar surface area (TPSA) is 69.7 Å². The maximum absolute atomic E-state index is 12.6. The van der Waals surface area contributed by atoms with E-state index in [1.165, 1.54) is 244 Å². The van der Waals surface area contributed by atoms with Crippen LogP contribution in [0.25, 0.3) is 0 Å². The average molecular weight is 1410 g/mol. The van der Waals surface area contributed by atoms with Gasteiger partial charge in [0.25, 0.3) is 0 Å². The molecule has 6 nitrogen and oxygen atoms in total. The maximum Gasteiger partial charge on any atom is 0.168 e. The zero-order valence-corrected chi connectivity index (χ0v) is 71.8. The van der Waals surface area contributed by atoms with E-state index in [9.17, 15) is 5.11 Å². The lowest BCUT2D eigenvalue weighted by Gasteiger charge is -2.51. The lowest BCUT2D eigenvalue weighted by molar-refractivity contribution is -0.329. The molecule has 0 aromatic carbocycles. The van der Waals surface area contributed by atoms with Crippen molar-refractivity contribution >= 4 is 0 Å². The summed E-state index contributed by atoms with van der Waals surface area (Å²) in [6.07, 6.45) is 65.0. The lowest BCUT2D eigenvalue weighted by atomic mass is 9.81. The molecule has 0 radical (unpaired) electrons. The third kappa shape index (κ3) is 43.7. The molecule has 0 spiro atoms. The second kappa shape index (κ2) is 53.6. The predicted molar refractivity (Wildman–Crippen MR) is 438 cm³/mol. The first kappa shape index (κ1) is 94.0. The van der Waals surface area contributed by atoms with E-state index in [0.717, 1.165) is 144 Å². The van der Waals surface area contributed by atoms with Gasteiger partial charge in [-0.05, 0) is 162 Å². The number of aliphatic hydroxyl groups is 1. The summed E-state index contributed by atoms with van der Waals surface area (Å²) in [4.78, 5) is 0. The van der Waals surface area contributed by atoms with E-state index in [1.807, 2.05) is 0 Å². The highest BCUT2D eigenvalue weighted by atomic mass is 16.7. The van der Waals surface area contributed by atoms with Crippen LogP contribution in [0.1, 0.15) is 472 Å². The van der Waals surface area contributed by atoms with Gasteiger partial charge in [0.2, 0.25) is 0 Å². The Kier molecular flexibility index (Phi) is 50.3. The lowest BCUT2D eigenvalue weighted by Crippen LogP contribution is -2.58. The van der Waals surface area contributed by atoms with Gasteiger partial charge in [0.1, 0.15) is 0 Å². The van der Waals surface area contributed by atoms with Crippen molar-refractivity contribution in [3.8, 4) is 0 Å². The standard InChI is InChI=1S/C94H184O6/c1-21-22-23-24-25-27-63-86-87(97-86)64-28-26-29-73-96-94(71-41-62-85(17)58-37-54-81(13)50-33-46-77(8)9)72-42-65-90(99-94)93(20,70-40-61-84(16)57-36-53-80(12)49-32-45-76(6)7)100-92(19,69-39-60-83(15)56-35-52-79(11)48-31-44-75(4)5)89-67-66-88(98-89)91(18,95)68-38-59-82(14)55-34-51-78(10)47-30-43-74(2)3/h74-90,95H,21-73H2,1-20H3/t78-,79-,80-,81-,82-,83-,84-,85-,86?,87?,88?,89?,90+,91?,92?,93?,94+/m1/s1. The fraction of sp³-hybridized carbons (Fsp3) is 1.00. The molecule has 0 aromatic heterocycles. The Morgan fingerprint density at radius 2 is 0.680 bits per heavy atom. The summed E-state index contributed by atoms with van der Waals surface area (Å²) in [5.41, 5.74) is -1.94. The zero-order chi connectivity index (χ0) is 73.8. The first-order valence-electron chi connectivity index (χ1n) is 45.6. The fourth-order valence-electron chi connectivity index (χ4n) is 18.3. The smallest absolute Gasteiger partial charge is 0.168 e. The molecular formula is C94H184O6. The van der Waals surface area contributed by atoms with Gasteiger partial charge in [-0.3, -0.25) is 0 Å². The van der Waals surface area contributed by atoms with Gasteiger partial charge >= 0.3 is 0 Å². The van der Waals surface area contributed by atoms with Crippen molar-refractivity contribution < 1.29 is 28.8 Å². The molecule has 3 heterocycles. The molecule has 17 atom stereocenters. The van der Waals surface area contributed by atoms with Crippen LogP contribution in [0.5, 0.6) is 0 Å². The van der Waals surface area contributed by atoms with Gasteiger partial charge in [0.05, 0.1) is 53.9 Å². The Balaban J connectivity index is 1.92. The van der Waals surface area contributed by atoms with Gasteiger partial charge in [0.15, 0.2) is 5.79 Å². The first-order valence-corrected chi connectivity index (χ1v) is 45.6. The Hall–Kier alpha value is -0.240. The van der Waals surface area contributed by atoms with Gasteiger partial charge < -0.3 is 28.8 Å². The third-order valence-corrected chi connectivity index (χ3v) is 25.8. The van der Waals surface area contributed by atoms with E-state index < -0.39 is 22.6 Å². The number of hydrogen-bond acceptors (Lipinski definition) is 6. The minimum absolute atomic E-state index is 0.0791. The molecule has 3 saturated heterocycles. The molecule has 0 bridgehead atoms. The Morgan fingerprint density at radius 1 is 0.350 bits per heavy atom. The largest absolute Gasteiger partial charge is 0.387 e. The van der Waals surface area contributed by atoms with Crippen LogP contribution in [0.4, 0.5) is 0 Å². The van der Waals surface area contributed by atoms with Crippen molar-refractivity contribution in [3.05, 3.63) is 0 Å². The van der Waals surface area contributed by atoms with E-state index in [4.69, 9.17) is 23.7 Å². The molecule has 3 fully saturated rings. The van der Waals surface area contributed by atoms with E-state index in [0.29, 0.717) is 35.9 Å². The van der Waals surface area contributed by atoms with Gasteiger partial charge in [0, 0.05) is 12.8 Å². The highest BCUT2D eigenvalue weighted by Crippen LogP contribution is 2.48. The fourth-order valence-corrected chi connectivity index (χ4v) is 18.3. The zero-order valence-electron chi connectivity index (χ0n) is 71.8. The molecular weight excluding hydrogens is 1230 g/mol. The van der Waals surface area contributed by atoms with Crippen LogP contribution in [0, 0.1) is 71.0 Å². The molecule has 0 aliphatic carbocycles. The van der Waals surface area contributed by atoms with Crippen LogP contribution in [-0.2, 0) is 23.7 Å². The highest BCUT2D eigenvalue weighted by molar-refractivity contribution is 5.01. The minimum Gasteiger partial charge on any atom is -0.387 e. The van der Waals surface area contributed by atoms with E-state index in [2.05, 4.69) is 138 Å². The molecule has 596 valence electrons. The summed E-state index contributed by atoms with van der Waals surface area (Å²) in [5, 5.41) is 12.6. The molecule has 3 aliphatic heterocycles. The molecule has 0 amide bonds. The van der Waals surface area contributed by atoms with Gasteiger partial charge in [-0.1, -0.05) is 368 Å². The van der Waals surface area contributed by atoms with Crippen molar-refractivity contribution in [2.24, 2.45) is 71.0 Å². The number of unbranched alkanes of at least 4 members (excludes halogenated alkanes) is 7. The van der Waals surface area contributed by atoms with Crippen molar-refractivity contribution in [2.75, 3.05) is 6.61 Å². The molecule has 1 N–H and O–H groups in total. The Bertz CT molecular complexity index is 1900. The van der Waals surface area contributed by atoms with Crippen LogP contribution in [0.2, 0.25) is 0 Å². The highest BCUT2D eigenvalue weighted by Gasteiger charge is 2.53. The minimum atomic E-state index is -0.875. The summed E-state index contributed by atoms with van der Waals surface area (Å²) in [7, 11) is 0. The van der Waals surface area contributed by atoms with Crippen molar-refractivity contribution in [3.63, 3.8) is 0 Å². The molecule has 100 heavy (non-hydrogen) atoms. The summed E-state index contributed by atoms with van der Waals surface area (Å²) < 4.78 is 37.3. The van der Waals surface area contributed by atoms with Gasteiger partial charge in [-0.15, -0.1) is 0 Å². The number of ether oxygens (including phenoxy) is 5. The Labute approximate surface area is 628 Å². The van der Waals surface area contributed by atoms with Crippen LogP contribution < -0.4 is 0 Å². The van der Waals surface area contributed by atoms with Crippen molar-refractivity contribution in [1.82, 2.24) is 0 Å². The first-order chi connectivity index (χ1) is 47.6. The maximum atomic E-state index is 12.6. The second-order valence-electron chi connectivity index (χ2n) is 39.1. The van der Waals surface area contributed by atoms with Crippen LogP contribution in [0.3, 0.4) is 0 Å². The number of hydrogen-bond donors (Lipinski definition) is 1. The molecule has 0 saturated carbocycles. The molecule has 3 aliphatic rings. The quantitative estimate of drug-likeness (QED) is 0.0483. The van der Waals surface area contributed by atoms with E-state index >= 15 is 0 Å². The van der Waals surface area contributed by atoms with E-state index in [1.54, 1.807) is 0 Å². The molecule has 0 aromatic rings. The van der Waals surface area contributed by atoms with Gasteiger partial charge in [-0.2, -0.15) is 0 Å². The summed E-state index contributed by atoms with van der Waals surface area (Å²) in [6.45, 7) is 49.1. The molecule has 7 unspecified atom stereocenters. The van der Waals surface area contributed by atoms with Gasteiger partial charge in [-0.25, -0.2) is 0 Å². The second-order valence-corrected chi connectivity index (χ2v) is 39.1. The molecule has 6 heteroatoms. The van der Waals surface area contributed by atoms with Crippen molar-refractivity contribution in [2.45, 2.75) is 525 Å². The van der Waals surface area contributed by atoms with Crippen LogP contribution >= 0.6 is 0 Å². The Morgan fingerprint density at radius 3 is 1.08 bits per heavy atom. The normalized spacial score (nSPS) is 24.1.